The van der Waals surface area contributed by atoms with E-state index in [9.17, 15) is 4.79 Å². The molecule has 1 aromatic rings. The van der Waals surface area contributed by atoms with Crippen LogP contribution in [0.4, 0.5) is 0 Å². The van der Waals surface area contributed by atoms with E-state index in [1.54, 1.807) is 0 Å². The molecule has 0 N–H and O–H groups in total. The Labute approximate surface area is 134 Å². The van der Waals surface area contributed by atoms with E-state index in [0.717, 1.165) is 19.5 Å². The van der Waals surface area contributed by atoms with Gasteiger partial charge in [-0.2, -0.15) is 0 Å². The van der Waals surface area contributed by atoms with Crippen LogP contribution in [0.2, 0.25) is 0 Å². The van der Waals surface area contributed by atoms with Crippen LogP contribution >= 0.6 is 0 Å². The van der Waals surface area contributed by atoms with Gasteiger partial charge < -0.3 is 4.90 Å². The Morgan fingerprint density at radius 3 is 2.55 bits per heavy atom. The molecule has 0 atom stereocenters. The molecule has 120 valence electrons. The van der Waals surface area contributed by atoms with Crippen molar-refractivity contribution < 1.29 is 4.79 Å². The molecule has 0 unspecified atom stereocenters. The minimum absolute atomic E-state index is 0.293. The third kappa shape index (κ3) is 3.70. The zero-order valence-electron chi connectivity index (χ0n) is 13.8. The van der Waals surface area contributed by atoms with E-state index in [0.29, 0.717) is 18.5 Å². The Hall–Kier alpha value is -1.35. The molecule has 1 amide bonds. The smallest absolute Gasteiger partial charge is 0.237 e. The first-order valence-corrected chi connectivity index (χ1v) is 8.79. The molecule has 2 aliphatic rings. The van der Waals surface area contributed by atoms with E-state index >= 15 is 0 Å². The fraction of sp³-hybridized carbons (Fsp3) is 0.632. The maximum Gasteiger partial charge on any atom is 0.237 e. The number of fused-ring (bicyclic) bond motifs is 1. The summed E-state index contributed by atoms with van der Waals surface area (Å²) in [5.41, 5.74) is 2.72. The summed E-state index contributed by atoms with van der Waals surface area (Å²) in [5.74, 6) is 0.293. The maximum atomic E-state index is 12.6. The van der Waals surface area contributed by atoms with Crippen molar-refractivity contribution in [2.75, 3.05) is 20.1 Å². The summed E-state index contributed by atoms with van der Waals surface area (Å²) >= 11 is 0. The first kappa shape index (κ1) is 15.5. The summed E-state index contributed by atoms with van der Waals surface area (Å²) in [7, 11) is 2.13. The Morgan fingerprint density at radius 1 is 1.14 bits per heavy atom. The molecule has 1 fully saturated rings. The lowest BCUT2D eigenvalue weighted by atomic mass is 10.00. The van der Waals surface area contributed by atoms with Crippen LogP contribution in [0.25, 0.3) is 0 Å². The molecule has 22 heavy (non-hydrogen) atoms. The van der Waals surface area contributed by atoms with Crippen LogP contribution in [-0.4, -0.2) is 41.9 Å². The molecule has 1 saturated carbocycles. The van der Waals surface area contributed by atoms with Gasteiger partial charge in [0, 0.05) is 19.1 Å². The average molecular weight is 300 g/mol. The van der Waals surface area contributed by atoms with Crippen LogP contribution in [0.1, 0.15) is 49.7 Å². The number of benzene rings is 1. The van der Waals surface area contributed by atoms with Gasteiger partial charge >= 0.3 is 0 Å². The molecule has 0 bridgehead atoms. The van der Waals surface area contributed by atoms with E-state index in [4.69, 9.17) is 0 Å². The predicted octanol–water partition coefficient (Wildman–Crippen LogP) is 3.23. The summed E-state index contributed by atoms with van der Waals surface area (Å²) in [5, 5.41) is 0. The molecule has 1 aromatic carbocycles. The highest BCUT2D eigenvalue weighted by molar-refractivity contribution is 5.78. The highest BCUT2D eigenvalue weighted by atomic mass is 16.2. The van der Waals surface area contributed by atoms with Crippen LogP contribution in [-0.2, 0) is 17.8 Å². The number of hydrogen-bond acceptors (Lipinski definition) is 2. The molecule has 1 aliphatic heterocycles. The lowest BCUT2D eigenvalue weighted by Gasteiger charge is -2.32. The SMILES string of the molecule is CN(CC(=O)N1CCc2ccccc2C1)C1CCCCCC1. The van der Waals surface area contributed by atoms with Gasteiger partial charge in [0.2, 0.25) is 5.91 Å². The minimum Gasteiger partial charge on any atom is -0.337 e. The molecular formula is C19H28N2O. The minimum atomic E-state index is 0.293. The van der Waals surface area contributed by atoms with Gasteiger partial charge in [-0.05, 0) is 37.4 Å². The normalized spacial score (nSPS) is 19.8. The van der Waals surface area contributed by atoms with Crippen LogP contribution in [0, 0.1) is 0 Å². The van der Waals surface area contributed by atoms with Gasteiger partial charge in [0.1, 0.15) is 0 Å². The quantitative estimate of drug-likeness (QED) is 0.800. The van der Waals surface area contributed by atoms with Crippen molar-refractivity contribution in [3.63, 3.8) is 0 Å². The summed E-state index contributed by atoms with van der Waals surface area (Å²) in [6, 6.07) is 9.11. The van der Waals surface area contributed by atoms with Crippen molar-refractivity contribution in [3.05, 3.63) is 35.4 Å². The number of rotatable bonds is 3. The van der Waals surface area contributed by atoms with Gasteiger partial charge in [0.05, 0.1) is 6.54 Å². The van der Waals surface area contributed by atoms with Crippen molar-refractivity contribution in [2.45, 2.75) is 57.5 Å². The highest BCUT2D eigenvalue weighted by Gasteiger charge is 2.24. The van der Waals surface area contributed by atoms with Crippen molar-refractivity contribution in [3.8, 4) is 0 Å². The Kier molecular flexibility index (Phi) is 5.14. The number of carbonyl (C=O) groups is 1. The number of carbonyl (C=O) groups excluding carboxylic acids is 1. The van der Waals surface area contributed by atoms with Crippen LogP contribution in [0.3, 0.4) is 0 Å². The van der Waals surface area contributed by atoms with Crippen molar-refractivity contribution in [1.29, 1.82) is 0 Å². The van der Waals surface area contributed by atoms with Crippen LogP contribution in [0.15, 0.2) is 24.3 Å². The fourth-order valence-electron chi connectivity index (χ4n) is 3.85. The van der Waals surface area contributed by atoms with Gasteiger partial charge in [0.25, 0.3) is 0 Å². The third-order valence-electron chi connectivity index (χ3n) is 5.32. The molecule has 3 nitrogen and oxygen atoms in total. The number of amides is 1. The second-order valence-electron chi connectivity index (χ2n) is 6.89. The largest absolute Gasteiger partial charge is 0.337 e. The van der Waals surface area contributed by atoms with Crippen molar-refractivity contribution in [1.82, 2.24) is 9.80 Å². The molecule has 3 rings (SSSR count). The van der Waals surface area contributed by atoms with Gasteiger partial charge in [0.15, 0.2) is 0 Å². The summed E-state index contributed by atoms with van der Waals surface area (Å²) in [6.07, 6.45) is 8.87. The lowest BCUT2D eigenvalue weighted by molar-refractivity contribution is -0.133. The summed E-state index contributed by atoms with van der Waals surface area (Å²) in [4.78, 5) is 17.0. The van der Waals surface area contributed by atoms with Gasteiger partial charge in [-0.3, -0.25) is 9.69 Å². The molecule has 0 spiro atoms. The Morgan fingerprint density at radius 2 is 1.82 bits per heavy atom. The second kappa shape index (κ2) is 7.28. The zero-order chi connectivity index (χ0) is 15.4. The Balaban J connectivity index is 1.56. The number of likely N-dealkylation sites (N-methyl/N-ethyl adjacent to an activating group) is 1. The van der Waals surface area contributed by atoms with Crippen molar-refractivity contribution in [2.24, 2.45) is 0 Å². The molecule has 1 aliphatic carbocycles. The molecular weight excluding hydrogens is 272 g/mol. The van der Waals surface area contributed by atoms with E-state index in [2.05, 4.69) is 36.2 Å². The monoisotopic (exact) mass is 300 g/mol. The third-order valence-corrected chi connectivity index (χ3v) is 5.32. The molecule has 1 heterocycles. The summed E-state index contributed by atoms with van der Waals surface area (Å²) < 4.78 is 0. The standard InChI is InChI=1S/C19H28N2O/c1-20(18-10-4-2-3-5-11-18)15-19(22)21-13-12-16-8-6-7-9-17(16)14-21/h6-9,18H,2-5,10-15H2,1H3. The fourth-order valence-corrected chi connectivity index (χ4v) is 3.85. The van der Waals surface area contributed by atoms with Gasteiger partial charge in [-0.15, -0.1) is 0 Å². The highest BCUT2D eigenvalue weighted by Crippen LogP contribution is 2.22. The molecule has 0 radical (unpaired) electrons. The molecule has 0 saturated heterocycles. The van der Waals surface area contributed by atoms with E-state index in [1.807, 2.05) is 4.90 Å². The average Bonchev–Trinajstić information content (AvgIpc) is 2.83. The lowest BCUT2D eigenvalue weighted by Crippen LogP contribution is -2.44. The zero-order valence-corrected chi connectivity index (χ0v) is 13.8. The summed E-state index contributed by atoms with van der Waals surface area (Å²) in [6.45, 7) is 2.23. The van der Waals surface area contributed by atoms with Gasteiger partial charge in [-0.1, -0.05) is 49.9 Å². The first-order valence-electron chi connectivity index (χ1n) is 8.79. The first-order chi connectivity index (χ1) is 10.7. The van der Waals surface area contributed by atoms with E-state index in [-0.39, 0.29) is 0 Å². The van der Waals surface area contributed by atoms with E-state index in [1.165, 1.54) is 49.7 Å². The second-order valence-corrected chi connectivity index (χ2v) is 6.89. The van der Waals surface area contributed by atoms with Crippen molar-refractivity contribution >= 4 is 5.91 Å². The predicted molar refractivity (Wildman–Crippen MR) is 89.7 cm³/mol. The molecule has 0 aromatic heterocycles. The molecule has 3 heteroatoms. The van der Waals surface area contributed by atoms with Crippen LogP contribution in [0.5, 0.6) is 0 Å². The van der Waals surface area contributed by atoms with E-state index < -0.39 is 0 Å². The number of hydrogen-bond donors (Lipinski definition) is 0. The maximum absolute atomic E-state index is 12.6. The van der Waals surface area contributed by atoms with Crippen LogP contribution < -0.4 is 0 Å². The number of nitrogens with zero attached hydrogens (tertiary/aromatic N) is 2. The Bertz CT molecular complexity index is 506. The van der Waals surface area contributed by atoms with Gasteiger partial charge in [-0.25, -0.2) is 0 Å². The topological polar surface area (TPSA) is 23.6 Å².